The number of carbonyl (C=O) groups is 2. The van der Waals surface area contributed by atoms with Crippen LogP contribution in [0.2, 0.25) is 0 Å². The van der Waals surface area contributed by atoms with Crippen molar-refractivity contribution >= 4 is 11.8 Å². The Labute approximate surface area is 149 Å². The lowest BCUT2D eigenvalue weighted by molar-refractivity contribution is -0.954. The van der Waals surface area contributed by atoms with E-state index in [-0.39, 0.29) is 29.8 Å². The summed E-state index contributed by atoms with van der Waals surface area (Å²) in [5, 5.41) is 5.91. The SMILES string of the molecule is CC(=O)N[C@H](CC(=O)NCC(C)(C)[NH+]1CCOCC1)c1ccccc1. The highest BCUT2D eigenvalue weighted by molar-refractivity contribution is 5.79. The fourth-order valence-electron chi connectivity index (χ4n) is 3.18. The molecule has 25 heavy (non-hydrogen) atoms. The maximum atomic E-state index is 12.4. The Kier molecular flexibility index (Phi) is 6.96. The van der Waals surface area contributed by atoms with Crippen LogP contribution in [0.5, 0.6) is 0 Å². The third-order valence-electron chi connectivity index (χ3n) is 4.75. The zero-order valence-corrected chi connectivity index (χ0v) is 15.4. The summed E-state index contributed by atoms with van der Waals surface area (Å²) in [5.74, 6) is -0.192. The molecule has 1 aliphatic heterocycles. The Bertz CT molecular complexity index is 569. The Balaban J connectivity index is 1.91. The molecule has 1 aliphatic rings. The van der Waals surface area contributed by atoms with Crippen molar-refractivity contribution in [1.82, 2.24) is 10.6 Å². The highest BCUT2D eigenvalue weighted by Crippen LogP contribution is 2.16. The molecule has 0 bridgehead atoms. The minimum atomic E-state index is -0.308. The summed E-state index contributed by atoms with van der Waals surface area (Å²) in [6.45, 7) is 9.85. The highest BCUT2D eigenvalue weighted by Gasteiger charge is 2.32. The molecule has 0 unspecified atom stereocenters. The van der Waals surface area contributed by atoms with E-state index >= 15 is 0 Å². The number of ether oxygens (including phenoxy) is 1. The fraction of sp³-hybridized carbons (Fsp3) is 0.579. The molecule has 6 heteroatoms. The summed E-state index contributed by atoms with van der Waals surface area (Å²) in [6, 6.07) is 9.28. The molecule has 0 radical (unpaired) electrons. The number of carbonyl (C=O) groups excluding carboxylic acids is 2. The molecule has 3 N–H and O–H groups in total. The molecule has 6 nitrogen and oxygen atoms in total. The van der Waals surface area contributed by atoms with Crippen molar-refractivity contribution in [3.63, 3.8) is 0 Å². The van der Waals surface area contributed by atoms with Crippen molar-refractivity contribution in [2.45, 2.75) is 38.8 Å². The first-order valence-corrected chi connectivity index (χ1v) is 8.90. The first-order valence-electron chi connectivity index (χ1n) is 8.90. The van der Waals surface area contributed by atoms with E-state index in [1.165, 1.54) is 11.8 Å². The summed E-state index contributed by atoms with van der Waals surface area (Å²) in [4.78, 5) is 25.4. The molecule has 1 aromatic rings. The topological polar surface area (TPSA) is 71.9 Å². The van der Waals surface area contributed by atoms with E-state index in [1.807, 2.05) is 30.3 Å². The van der Waals surface area contributed by atoms with Gasteiger partial charge in [0.05, 0.1) is 32.2 Å². The first kappa shape index (κ1) is 19.4. The normalized spacial score (nSPS) is 16.9. The van der Waals surface area contributed by atoms with Crippen molar-refractivity contribution in [1.29, 1.82) is 0 Å². The van der Waals surface area contributed by atoms with Gasteiger partial charge in [-0.2, -0.15) is 0 Å². The van der Waals surface area contributed by atoms with Crippen LogP contribution in [0, 0.1) is 0 Å². The van der Waals surface area contributed by atoms with Crippen LogP contribution in [0.3, 0.4) is 0 Å². The summed E-state index contributed by atoms with van der Waals surface area (Å²) < 4.78 is 5.41. The van der Waals surface area contributed by atoms with Gasteiger partial charge in [0, 0.05) is 6.92 Å². The third-order valence-corrected chi connectivity index (χ3v) is 4.75. The summed E-state index contributed by atoms with van der Waals surface area (Å²) in [6.07, 6.45) is 0.234. The second-order valence-corrected chi connectivity index (χ2v) is 7.24. The average Bonchev–Trinajstić information content (AvgIpc) is 2.61. The van der Waals surface area contributed by atoms with E-state index in [0.717, 1.165) is 31.9 Å². The number of quaternary nitrogens is 1. The maximum Gasteiger partial charge on any atom is 0.222 e. The van der Waals surface area contributed by atoms with Gasteiger partial charge in [-0.1, -0.05) is 30.3 Å². The Morgan fingerprint density at radius 3 is 2.44 bits per heavy atom. The molecule has 138 valence electrons. The average molecular weight is 348 g/mol. The number of amides is 2. The minimum absolute atomic E-state index is 0.0459. The van der Waals surface area contributed by atoms with E-state index < -0.39 is 0 Å². The number of rotatable bonds is 7. The highest BCUT2D eigenvalue weighted by atomic mass is 16.5. The molecule has 1 aromatic carbocycles. The van der Waals surface area contributed by atoms with Crippen LogP contribution in [0.15, 0.2) is 30.3 Å². The van der Waals surface area contributed by atoms with Crippen LogP contribution < -0.4 is 15.5 Å². The summed E-state index contributed by atoms with van der Waals surface area (Å²) in [5.41, 5.74) is 0.890. The predicted molar refractivity (Wildman–Crippen MR) is 96.2 cm³/mol. The molecule has 1 fully saturated rings. The Morgan fingerprint density at radius 1 is 1.20 bits per heavy atom. The fourth-order valence-corrected chi connectivity index (χ4v) is 3.18. The zero-order valence-electron chi connectivity index (χ0n) is 15.4. The largest absolute Gasteiger partial charge is 0.370 e. The maximum absolute atomic E-state index is 12.4. The molecule has 0 saturated carbocycles. The molecule has 2 amide bonds. The smallest absolute Gasteiger partial charge is 0.222 e. The lowest BCUT2D eigenvalue weighted by Gasteiger charge is -2.37. The van der Waals surface area contributed by atoms with Crippen molar-refractivity contribution in [2.75, 3.05) is 32.8 Å². The predicted octanol–water partition coefficient (Wildman–Crippen LogP) is 0.0638. The van der Waals surface area contributed by atoms with Crippen LogP contribution >= 0.6 is 0 Å². The molecule has 0 aromatic heterocycles. The van der Waals surface area contributed by atoms with Gasteiger partial charge in [-0.15, -0.1) is 0 Å². The lowest BCUT2D eigenvalue weighted by Crippen LogP contribution is -3.22. The molecule has 1 saturated heterocycles. The lowest BCUT2D eigenvalue weighted by atomic mass is 10.0. The van der Waals surface area contributed by atoms with Crippen molar-refractivity contribution in [3.05, 3.63) is 35.9 Å². The second kappa shape index (κ2) is 8.97. The standard InChI is InChI=1S/C19H29N3O3/c1-15(23)21-17(16-7-5-4-6-8-16)13-18(24)20-14-19(2,3)22-9-11-25-12-10-22/h4-8,17H,9-14H2,1-3H3,(H,20,24)(H,21,23)/p+1/t17-/m1/s1. The van der Waals surface area contributed by atoms with E-state index in [2.05, 4.69) is 24.5 Å². The Morgan fingerprint density at radius 2 is 1.84 bits per heavy atom. The number of hydrogen-bond acceptors (Lipinski definition) is 3. The van der Waals surface area contributed by atoms with Gasteiger partial charge in [-0.05, 0) is 19.4 Å². The molecule has 1 atom stereocenters. The summed E-state index contributed by atoms with van der Waals surface area (Å²) in [7, 11) is 0. The number of benzene rings is 1. The van der Waals surface area contributed by atoms with Crippen LogP contribution in [0.25, 0.3) is 0 Å². The van der Waals surface area contributed by atoms with Crippen LogP contribution in [0.4, 0.5) is 0 Å². The Hall–Kier alpha value is -1.92. The molecule has 0 aliphatic carbocycles. The summed E-state index contributed by atoms with van der Waals surface area (Å²) >= 11 is 0. The van der Waals surface area contributed by atoms with Gasteiger partial charge in [0.1, 0.15) is 18.6 Å². The molecule has 0 spiro atoms. The van der Waals surface area contributed by atoms with E-state index in [9.17, 15) is 9.59 Å². The van der Waals surface area contributed by atoms with Crippen molar-refractivity contribution in [3.8, 4) is 0 Å². The van der Waals surface area contributed by atoms with Crippen molar-refractivity contribution in [2.24, 2.45) is 0 Å². The van der Waals surface area contributed by atoms with Gasteiger partial charge in [0.2, 0.25) is 11.8 Å². The number of nitrogens with one attached hydrogen (secondary N) is 3. The van der Waals surface area contributed by atoms with Crippen LogP contribution in [-0.2, 0) is 14.3 Å². The first-order chi connectivity index (χ1) is 11.9. The van der Waals surface area contributed by atoms with Crippen LogP contribution in [0.1, 0.15) is 38.8 Å². The van der Waals surface area contributed by atoms with E-state index in [1.54, 1.807) is 0 Å². The van der Waals surface area contributed by atoms with Gasteiger partial charge in [0.25, 0.3) is 0 Å². The van der Waals surface area contributed by atoms with Crippen LogP contribution in [-0.4, -0.2) is 50.2 Å². The van der Waals surface area contributed by atoms with Gasteiger partial charge in [-0.25, -0.2) is 0 Å². The molecular formula is C19H30N3O3+. The number of morpholine rings is 1. The molecular weight excluding hydrogens is 318 g/mol. The van der Waals surface area contributed by atoms with Gasteiger partial charge < -0.3 is 20.3 Å². The van der Waals surface area contributed by atoms with E-state index in [4.69, 9.17) is 4.74 Å². The third kappa shape index (κ3) is 6.14. The van der Waals surface area contributed by atoms with Gasteiger partial charge in [0.15, 0.2) is 0 Å². The van der Waals surface area contributed by atoms with Gasteiger partial charge >= 0.3 is 0 Å². The number of hydrogen-bond donors (Lipinski definition) is 3. The van der Waals surface area contributed by atoms with Gasteiger partial charge in [-0.3, -0.25) is 9.59 Å². The molecule has 2 rings (SSSR count). The van der Waals surface area contributed by atoms with E-state index in [0.29, 0.717) is 6.54 Å². The monoisotopic (exact) mass is 348 g/mol. The quantitative estimate of drug-likeness (QED) is 0.653. The zero-order chi connectivity index (χ0) is 18.3. The second-order valence-electron chi connectivity index (χ2n) is 7.24. The van der Waals surface area contributed by atoms with Crippen molar-refractivity contribution < 1.29 is 19.2 Å². The minimum Gasteiger partial charge on any atom is -0.370 e. The molecule has 1 heterocycles.